The predicted molar refractivity (Wildman–Crippen MR) is 125 cm³/mol. The molecule has 1 saturated heterocycles. The van der Waals surface area contributed by atoms with Gasteiger partial charge in [0.25, 0.3) is 0 Å². The largest absolute Gasteiger partial charge is 0.354 e. The molecule has 0 unspecified atom stereocenters. The van der Waals surface area contributed by atoms with E-state index in [0.29, 0.717) is 0 Å². The van der Waals surface area contributed by atoms with Crippen LogP contribution in [0.15, 0.2) is 30.1 Å². The van der Waals surface area contributed by atoms with Crippen LogP contribution in [0.25, 0.3) is 0 Å². The van der Waals surface area contributed by atoms with Gasteiger partial charge in [-0.05, 0) is 39.0 Å². The molecular weight excluding hydrogens is 370 g/mol. The highest BCUT2D eigenvalue weighted by Gasteiger charge is 2.29. The molecule has 0 N–H and O–H groups in total. The van der Waals surface area contributed by atoms with Crippen molar-refractivity contribution in [1.29, 1.82) is 0 Å². The number of aromatic nitrogens is 2. The fraction of sp³-hybridized carbons (Fsp3) is 0.680. The predicted octanol–water partition coefficient (Wildman–Crippen LogP) is 3.85. The van der Waals surface area contributed by atoms with Crippen LogP contribution < -0.4 is 4.90 Å². The monoisotopic (exact) mass is 409 g/mol. The fourth-order valence-corrected chi connectivity index (χ4v) is 5.02. The molecule has 0 bridgehead atoms. The van der Waals surface area contributed by atoms with E-state index in [0.717, 1.165) is 64.4 Å². The maximum atomic E-state index is 4.76. The maximum absolute atomic E-state index is 4.76. The third-order valence-corrected chi connectivity index (χ3v) is 7.08. The minimum Gasteiger partial charge on any atom is -0.354 e. The summed E-state index contributed by atoms with van der Waals surface area (Å²) in [6.45, 7) is 12.3. The molecule has 0 aromatic carbocycles. The molecule has 0 amide bonds. The summed E-state index contributed by atoms with van der Waals surface area (Å²) in [5, 5.41) is 0. The molecule has 30 heavy (non-hydrogen) atoms. The number of anilines is 1. The van der Waals surface area contributed by atoms with Crippen LogP contribution in [-0.4, -0.2) is 71.6 Å². The third-order valence-electron chi connectivity index (χ3n) is 7.08. The van der Waals surface area contributed by atoms with Crippen molar-refractivity contribution in [3.63, 3.8) is 0 Å². The van der Waals surface area contributed by atoms with Crippen LogP contribution in [0.5, 0.6) is 0 Å². The van der Waals surface area contributed by atoms with E-state index in [2.05, 4.69) is 51.8 Å². The van der Waals surface area contributed by atoms with Crippen molar-refractivity contribution in [3.8, 4) is 0 Å². The minimum atomic E-state index is 0.860. The molecule has 164 valence electrons. The molecule has 3 heterocycles. The summed E-state index contributed by atoms with van der Waals surface area (Å²) in [5.41, 5.74) is 4.06. The van der Waals surface area contributed by atoms with E-state index in [-0.39, 0.29) is 0 Å². The molecule has 0 spiro atoms. The van der Waals surface area contributed by atoms with Crippen LogP contribution in [0.2, 0.25) is 0 Å². The maximum Gasteiger partial charge on any atom is 0.135 e. The van der Waals surface area contributed by atoms with E-state index < -0.39 is 0 Å². The quantitative estimate of drug-likeness (QED) is 0.639. The molecule has 0 radical (unpaired) electrons. The van der Waals surface area contributed by atoms with E-state index in [4.69, 9.17) is 4.98 Å². The van der Waals surface area contributed by atoms with Gasteiger partial charge < -0.3 is 9.80 Å². The van der Waals surface area contributed by atoms with Crippen LogP contribution in [0, 0.1) is 0 Å². The Bertz CT molecular complexity index is 744. The van der Waals surface area contributed by atoms with Gasteiger partial charge >= 0.3 is 0 Å². The molecular formula is C25H39N5. The Hall–Kier alpha value is -1.72. The second-order valence-corrected chi connectivity index (χ2v) is 9.12. The van der Waals surface area contributed by atoms with Crippen molar-refractivity contribution in [1.82, 2.24) is 19.8 Å². The lowest BCUT2D eigenvalue weighted by Gasteiger charge is -2.43. The summed E-state index contributed by atoms with van der Waals surface area (Å²) in [6.07, 6.45) is 17.3. The van der Waals surface area contributed by atoms with E-state index in [9.17, 15) is 0 Å². The zero-order valence-corrected chi connectivity index (χ0v) is 19.0. The number of nitrogens with zero attached hydrogens (tertiary/aromatic N) is 5. The molecule has 4 rings (SSSR count). The number of piperazine rings is 1. The zero-order valence-electron chi connectivity index (χ0n) is 19.0. The van der Waals surface area contributed by atoms with E-state index >= 15 is 0 Å². The van der Waals surface area contributed by atoms with Gasteiger partial charge in [0.1, 0.15) is 12.1 Å². The van der Waals surface area contributed by atoms with Gasteiger partial charge in [0, 0.05) is 63.8 Å². The molecule has 5 nitrogen and oxygen atoms in total. The zero-order chi connectivity index (χ0) is 20.8. The molecule has 1 aromatic heterocycles. The Morgan fingerprint density at radius 2 is 1.87 bits per heavy atom. The van der Waals surface area contributed by atoms with Crippen LogP contribution in [0.1, 0.15) is 57.2 Å². The second-order valence-electron chi connectivity index (χ2n) is 9.12. The third kappa shape index (κ3) is 5.30. The lowest BCUT2D eigenvalue weighted by Crippen LogP contribution is -2.52. The number of rotatable bonds is 7. The summed E-state index contributed by atoms with van der Waals surface area (Å²) in [7, 11) is 0. The van der Waals surface area contributed by atoms with Crippen LogP contribution in [-0.2, 0) is 12.8 Å². The van der Waals surface area contributed by atoms with E-state index in [1.165, 1.54) is 55.0 Å². The van der Waals surface area contributed by atoms with Gasteiger partial charge in [0.05, 0.1) is 5.69 Å². The van der Waals surface area contributed by atoms with Crippen molar-refractivity contribution >= 4 is 5.82 Å². The Morgan fingerprint density at radius 3 is 2.60 bits per heavy atom. The highest BCUT2D eigenvalue weighted by molar-refractivity contribution is 5.49. The van der Waals surface area contributed by atoms with Gasteiger partial charge in [-0.15, -0.1) is 0 Å². The summed E-state index contributed by atoms with van der Waals surface area (Å²) >= 11 is 0. The molecule has 2 aliphatic heterocycles. The lowest BCUT2D eigenvalue weighted by molar-refractivity contribution is 0.120. The van der Waals surface area contributed by atoms with Gasteiger partial charge in [0.15, 0.2) is 0 Å². The van der Waals surface area contributed by atoms with Gasteiger partial charge in [-0.25, -0.2) is 9.97 Å². The van der Waals surface area contributed by atoms with E-state index in [1.807, 2.05) is 0 Å². The molecule has 3 aliphatic rings. The number of fused-ring (bicyclic) bond motifs is 1. The Labute approximate surface area is 182 Å². The molecule has 1 aromatic rings. The van der Waals surface area contributed by atoms with Crippen molar-refractivity contribution in [2.75, 3.05) is 50.7 Å². The van der Waals surface area contributed by atoms with Crippen molar-refractivity contribution in [2.45, 2.75) is 64.8 Å². The van der Waals surface area contributed by atoms with Gasteiger partial charge in [0.2, 0.25) is 0 Å². The van der Waals surface area contributed by atoms with Crippen LogP contribution >= 0.6 is 0 Å². The Morgan fingerprint density at radius 1 is 1.07 bits per heavy atom. The Balaban J connectivity index is 1.32. The number of allylic oxidation sites excluding steroid dienone is 3. The van der Waals surface area contributed by atoms with Gasteiger partial charge in [-0.3, -0.25) is 4.90 Å². The topological polar surface area (TPSA) is 35.5 Å². The van der Waals surface area contributed by atoms with Crippen molar-refractivity contribution in [3.05, 3.63) is 41.4 Å². The minimum absolute atomic E-state index is 0.860. The first-order valence-corrected chi connectivity index (χ1v) is 12.1. The summed E-state index contributed by atoms with van der Waals surface area (Å²) in [6, 6.07) is 0.860. The number of hydrogen-bond acceptors (Lipinski definition) is 5. The Kier molecular flexibility index (Phi) is 7.56. The standard InChI is InChI=1S/C25H39N5/c1-3-7-21(2)8-4-5-13-28-14-11-23-24(12-15-28)26-20-27-25(23)30-18-16-29(17-19-30)22-9-6-10-22/h4,7-8,20,22H,3,5-6,9-19H2,1-2H3/b8-4-,21-7-. The molecule has 1 aliphatic carbocycles. The lowest BCUT2D eigenvalue weighted by atomic mass is 9.91. The molecule has 2 fully saturated rings. The first-order chi connectivity index (χ1) is 14.7. The molecule has 1 saturated carbocycles. The van der Waals surface area contributed by atoms with Crippen LogP contribution in [0.3, 0.4) is 0 Å². The summed E-state index contributed by atoms with van der Waals surface area (Å²) in [5.74, 6) is 1.22. The average Bonchev–Trinajstić information content (AvgIpc) is 2.93. The number of hydrogen-bond donors (Lipinski definition) is 0. The first-order valence-electron chi connectivity index (χ1n) is 12.1. The second kappa shape index (κ2) is 10.5. The van der Waals surface area contributed by atoms with Crippen molar-refractivity contribution < 1.29 is 0 Å². The highest BCUT2D eigenvalue weighted by Crippen LogP contribution is 2.28. The smallest absolute Gasteiger partial charge is 0.135 e. The summed E-state index contributed by atoms with van der Waals surface area (Å²) in [4.78, 5) is 17.3. The fourth-order valence-electron chi connectivity index (χ4n) is 5.02. The molecule has 5 heteroatoms. The van der Waals surface area contributed by atoms with Crippen molar-refractivity contribution in [2.24, 2.45) is 0 Å². The normalized spacial score (nSPS) is 22.2. The SMILES string of the molecule is CC/C=C(C)\C=C/CCN1CCc2ncnc(N3CCN(C4CCC4)CC3)c2CC1. The summed E-state index contributed by atoms with van der Waals surface area (Å²) < 4.78 is 0. The van der Waals surface area contributed by atoms with Gasteiger partial charge in [-0.2, -0.15) is 0 Å². The van der Waals surface area contributed by atoms with E-state index in [1.54, 1.807) is 6.33 Å². The molecule has 0 atom stereocenters. The average molecular weight is 410 g/mol. The van der Waals surface area contributed by atoms with Crippen LogP contribution in [0.4, 0.5) is 5.82 Å². The first kappa shape index (κ1) is 21.5. The highest BCUT2D eigenvalue weighted by atomic mass is 15.3. The van der Waals surface area contributed by atoms with Gasteiger partial charge in [-0.1, -0.05) is 37.1 Å².